The van der Waals surface area contributed by atoms with Gasteiger partial charge in [-0.05, 0) is 63.1 Å². The number of hydrogen-bond acceptors (Lipinski definition) is 3. The molecule has 21 heavy (non-hydrogen) atoms. The highest BCUT2D eigenvalue weighted by molar-refractivity contribution is 7.12. The van der Waals surface area contributed by atoms with Crippen LogP contribution in [-0.2, 0) is 0 Å². The predicted molar refractivity (Wildman–Crippen MR) is 87.3 cm³/mol. The summed E-state index contributed by atoms with van der Waals surface area (Å²) in [5, 5.41) is 8.91. The first-order chi connectivity index (χ1) is 10.2. The van der Waals surface area contributed by atoms with E-state index < -0.39 is 0 Å². The Hall–Kier alpha value is -1.63. The van der Waals surface area contributed by atoms with Crippen LogP contribution in [0.5, 0.6) is 0 Å². The van der Waals surface area contributed by atoms with E-state index >= 15 is 0 Å². The number of nitrogens with zero attached hydrogens (tertiary/aromatic N) is 2. The van der Waals surface area contributed by atoms with Gasteiger partial charge in [0.05, 0.1) is 11.6 Å². The molecule has 0 radical (unpaired) electrons. The van der Waals surface area contributed by atoms with Crippen LogP contribution in [0.25, 0.3) is 0 Å². The number of aryl methyl sites for hydroxylation is 1. The fourth-order valence-electron chi connectivity index (χ4n) is 3.22. The van der Waals surface area contributed by atoms with E-state index in [4.69, 9.17) is 5.26 Å². The molecule has 2 nitrogen and oxygen atoms in total. The van der Waals surface area contributed by atoms with E-state index in [9.17, 15) is 0 Å². The highest BCUT2D eigenvalue weighted by Crippen LogP contribution is 2.40. The molecule has 0 amide bonds. The first kappa shape index (κ1) is 14.3. The van der Waals surface area contributed by atoms with Gasteiger partial charge in [-0.1, -0.05) is 12.1 Å². The fourth-order valence-corrected chi connectivity index (χ4v) is 4.25. The van der Waals surface area contributed by atoms with E-state index in [0.29, 0.717) is 12.1 Å². The van der Waals surface area contributed by atoms with Crippen LogP contribution >= 0.6 is 11.3 Å². The Morgan fingerprint density at radius 2 is 2.00 bits per heavy atom. The molecule has 0 spiro atoms. The third-order valence-electron chi connectivity index (χ3n) is 4.40. The van der Waals surface area contributed by atoms with Crippen LogP contribution in [0, 0.1) is 18.3 Å². The maximum absolute atomic E-state index is 8.91. The molecule has 108 valence electrons. The summed E-state index contributed by atoms with van der Waals surface area (Å²) in [6, 6.07) is 15.7. The van der Waals surface area contributed by atoms with Crippen molar-refractivity contribution < 1.29 is 0 Å². The number of nitriles is 1. The SMILES string of the molecule is Cc1ccc(C2CCCN2C(C)c2ccc(C#N)cc2)s1. The molecule has 1 fully saturated rings. The molecule has 0 bridgehead atoms. The van der Waals surface area contributed by atoms with E-state index in [1.54, 1.807) is 0 Å². The lowest BCUT2D eigenvalue weighted by molar-refractivity contribution is 0.196. The molecule has 1 aromatic heterocycles. The van der Waals surface area contributed by atoms with Crippen molar-refractivity contribution in [3.05, 3.63) is 57.3 Å². The van der Waals surface area contributed by atoms with Gasteiger partial charge in [0.2, 0.25) is 0 Å². The zero-order valence-electron chi connectivity index (χ0n) is 12.5. The van der Waals surface area contributed by atoms with Crippen LogP contribution in [-0.4, -0.2) is 11.4 Å². The van der Waals surface area contributed by atoms with Gasteiger partial charge in [0.15, 0.2) is 0 Å². The first-order valence-electron chi connectivity index (χ1n) is 7.51. The van der Waals surface area contributed by atoms with E-state index in [-0.39, 0.29) is 0 Å². The predicted octanol–water partition coefficient (Wildman–Crippen LogP) is 4.83. The normalized spacial score (nSPS) is 20.3. The minimum Gasteiger partial charge on any atom is -0.289 e. The molecule has 0 aliphatic carbocycles. The van der Waals surface area contributed by atoms with Crippen molar-refractivity contribution in [3.8, 4) is 6.07 Å². The molecule has 2 aromatic rings. The highest BCUT2D eigenvalue weighted by Gasteiger charge is 2.31. The Kier molecular flexibility index (Phi) is 4.10. The van der Waals surface area contributed by atoms with Crippen molar-refractivity contribution in [3.63, 3.8) is 0 Å². The second kappa shape index (κ2) is 6.01. The van der Waals surface area contributed by atoms with Gasteiger partial charge >= 0.3 is 0 Å². The van der Waals surface area contributed by atoms with Crippen molar-refractivity contribution in [2.45, 2.75) is 38.8 Å². The summed E-state index contributed by atoms with van der Waals surface area (Å²) in [6.07, 6.45) is 2.52. The van der Waals surface area contributed by atoms with Gasteiger partial charge in [-0.3, -0.25) is 4.90 Å². The van der Waals surface area contributed by atoms with Crippen molar-refractivity contribution in [2.75, 3.05) is 6.54 Å². The summed E-state index contributed by atoms with van der Waals surface area (Å²) >= 11 is 1.92. The molecule has 2 unspecified atom stereocenters. The molecule has 0 saturated carbocycles. The maximum Gasteiger partial charge on any atom is 0.0991 e. The van der Waals surface area contributed by atoms with Gasteiger partial charge in [-0.15, -0.1) is 11.3 Å². The summed E-state index contributed by atoms with van der Waals surface area (Å²) in [4.78, 5) is 5.49. The third-order valence-corrected chi connectivity index (χ3v) is 5.51. The molecular weight excluding hydrogens is 276 g/mol. The van der Waals surface area contributed by atoms with E-state index in [1.807, 2.05) is 23.5 Å². The standard InChI is InChI=1S/C18H20N2S/c1-13-5-10-18(21-13)17-4-3-11-20(17)14(2)16-8-6-15(12-19)7-9-16/h5-10,14,17H,3-4,11H2,1-2H3. The fraction of sp³-hybridized carbons (Fsp3) is 0.389. The second-order valence-corrected chi connectivity index (χ2v) is 7.07. The second-order valence-electron chi connectivity index (χ2n) is 5.75. The van der Waals surface area contributed by atoms with Crippen LogP contribution in [0.1, 0.15) is 52.7 Å². The van der Waals surface area contributed by atoms with Gasteiger partial charge in [0.25, 0.3) is 0 Å². The van der Waals surface area contributed by atoms with Crippen LogP contribution in [0.3, 0.4) is 0 Å². The molecule has 1 aromatic carbocycles. The first-order valence-corrected chi connectivity index (χ1v) is 8.33. The Bertz CT molecular complexity index is 651. The topological polar surface area (TPSA) is 27.0 Å². The highest BCUT2D eigenvalue weighted by atomic mass is 32.1. The average Bonchev–Trinajstić information content (AvgIpc) is 3.15. The summed E-state index contributed by atoms with van der Waals surface area (Å²) < 4.78 is 0. The zero-order chi connectivity index (χ0) is 14.8. The Morgan fingerprint density at radius 1 is 1.24 bits per heavy atom. The molecule has 1 aliphatic heterocycles. The lowest BCUT2D eigenvalue weighted by Crippen LogP contribution is -2.26. The van der Waals surface area contributed by atoms with E-state index in [0.717, 1.165) is 12.1 Å². The molecule has 1 saturated heterocycles. The Labute approximate surface area is 130 Å². The van der Waals surface area contributed by atoms with Crippen molar-refractivity contribution in [1.82, 2.24) is 4.90 Å². The van der Waals surface area contributed by atoms with Gasteiger partial charge in [0, 0.05) is 21.8 Å². The van der Waals surface area contributed by atoms with E-state index in [2.05, 4.69) is 49.1 Å². The Morgan fingerprint density at radius 3 is 2.62 bits per heavy atom. The number of benzene rings is 1. The number of hydrogen-bond donors (Lipinski definition) is 0. The van der Waals surface area contributed by atoms with Crippen LogP contribution in [0.2, 0.25) is 0 Å². The number of rotatable bonds is 3. The summed E-state index contributed by atoms with van der Waals surface area (Å²) in [6.45, 7) is 5.61. The Balaban J connectivity index is 1.82. The van der Waals surface area contributed by atoms with E-state index in [1.165, 1.54) is 28.2 Å². The van der Waals surface area contributed by atoms with Gasteiger partial charge in [-0.2, -0.15) is 5.26 Å². The largest absolute Gasteiger partial charge is 0.289 e. The molecule has 3 heteroatoms. The quantitative estimate of drug-likeness (QED) is 0.811. The third kappa shape index (κ3) is 2.88. The van der Waals surface area contributed by atoms with Crippen LogP contribution < -0.4 is 0 Å². The van der Waals surface area contributed by atoms with Crippen molar-refractivity contribution in [2.24, 2.45) is 0 Å². The van der Waals surface area contributed by atoms with Crippen LogP contribution in [0.4, 0.5) is 0 Å². The lowest BCUT2D eigenvalue weighted by atomic mass is 10.0. The number of likely N-dealkylation sites (tertiary alicyclic amines) is 1. The molecule has 2 heterocycles. The van der Waals surface area contributed by atoms with Crippen molar-refractivity contribution in [1.29, 1.82) is 5.26 Å². The number of thiophene rings is 1. The zero-order valence-corrected chi connectivity index (χ0v) is 13.4. The molecule has 2 atom stereocenters. The van der Waals surface area contributed by atoms with Gasteiger partial charge in [-0.25, -0.2) is 0 Å². The molecule has 3 rings (SSSR count). The monoisotopic (exact) mass is 296 g/mol. The molecule has 0 N–H and O–H groups in total. The minimum atomic E-state index is 0.396. The van der Waals surface area contributed by atoms with Gasteiger partial charge in [0.1, 0.15) is 0 Å². The summed E-state index contributed by atoms with van der Waals surface area (Å²) in [5.74, 6) is 0. The molecule has 1 aliphatic rings. The summed E-state index contributed by atoms with van der Waals surface area (Å²) in [5.41, 5.74) is 2.03. The maximum atomic E-state index is 8.91. The van der Waals surface area contributed by atoms with Gasteiger partial charge < -0.3 is 0 Å². The molecular formula is C18H20N2S. The van der Waals surface area contributed by atoms with Crippen molar-refractivity contribution >= 4 is 11.3 Å². The average molecular weight is 296 g/mol. The smallest absolute Gasteiger partial charge is 0.0991 e. The van der Waals surface area contributed by atoms with Crippen LogP contribution in [0.15, 0.2) is 36.4 Å². The summed E-state index contributed by atoms with van der Waals surface area (Å²) in [7, 11) is 0. The minimum absolute atomic E-state index is 0.396. The lowest BCUT2D eigenvalue weighted by Gasteiger charge is -2.30.